The van der Waals surface area contributed by atoms with Gasteiger partial charge >= 0.3 is 0 Å². The molecule has 0 saturated carbocycles. The van der Waals surface area contributed by atoms with Crippen LogP contribution in [0.5, 0.6) is 0 Å². The van der Waals surface area contributed by atoms with E-state index in [-0.39, 0.29) is 0 Å². The van der Waals surface area contributed by atoms with Gasteiger partial charge in [0.1, 0.15) is 0 Å². The topological polar surface area (TPSA) is 27.7 Å². The summed E-state index contributed by atoms with van der Waals surface area (Å²) in [5.74, 6) is 0. The van der Waals surface area contributed by atoms with Crippen LogP contribution in [0.2, 0.25) is 0 Å². The van der Waals surface area contributed by atoms with Crippen LogP contribution in [0, 0.1) is 0 Å². The predicted octanol–water partition coefficient (Wildman–Crippen LogP) is 2.25. The molecular weight excluding hydrogens is 180 g/mol. The van der Waals surface area contributed by atoms with Crippen LogP contribution in [-0.2, 0) is 14.2 Å². The number of methoxy groups -OCH3 is 1. The molecule has 0 radical (unpaired) electrons. The van der Waals surface area contributed by atoms with Gasteiger partial charge in [0.05, 0.1) is 13.2 Å². The van der Waals surface area contributed by atoms with E-state index in [0.717, 1.165) is 32.8 Å². The van der Waals surface area contributed by atoms with Gasteiger partial charge < -0.3 is 14.2 Å². The van der Waals surface area contributed by atoms with Crippen LogP contribution in [0.4, 0.5) is 0 Å². The number of hydrogen-bond donors (Lipinski definition) is 0. The van der Waals surface area contributed by atoms with Gasteiger partial charge in [-0.3, -0.25) is 0 Å². The molecule has 0 spiro atoms. The van der Waals surface area contributed by atoms with E-state index in [1.54, 1.807) is 7.11 Å². The molecule has 0 N–H and O–H groups in total. The van der Waals surface area contributed by atoms with Crippen LogP contribution in [0.3, 0.4) is 0 Å². The molecule has 0 rings (SSSR count). The Hall–Kier alpha value is -0.120. The van der Waals surface area contributed by atoms with Gasteiger partial charge in [-0.25, -0.2) is 0 Å². The number of unbranched alkanes of at least 4 members (excludes halogenated alkanes) is 2. The van der Waals surface area contributed by atoms with Crippen LogP contribution < -0.4 is 0 Å². The molecule has 0 fully saturated rings. The van der Waals surface area contributed by atoms with Crippen molar-refractivity contribution >= 4 is 0 Å². The molecular formula is C11H24O3. The minimum atomic E-state index is 0.704. The molecule has 0 aliphatic carbocycles. The fourth-order valence-electron chi connectivity index (χ4n) is 1.08. The van der Waals surface area contributed by atoms with E-state index < -0.39 is 0 Å². The van der Waals surface area contributed by atoms with Crippen molar-refractivity contribution in [3.63, 3.8) is 0 Å². The third-order valence-electron chi connectivity index (χ3n) is 1.90. The third kappa shape index (κ3) is 11.9. The molecule has 0 amide bonds. The van der Waals surface area contributed by atoms with E-state index >= 15 is 0 Å². The SMILES string of the molecule is CCCCCOCCOCCCOC. The van der Waals surface area contributed by atoms with E-state index in [1.807, 2.05) is 0 Å². The summed E-state index contributed by atoms with van der Waals surface area (Å²) in [6.07, 6.45) is 4.64. The van der Waals surface area contributed by atoms with Crippen molar-refractivity contribution in [1.29, 1.82) is 0 Å². The lowest BCUT2D eigenvalue weighted by atomic mass is 10.3. The Bertz CT molecular complexity index is 84.5. The zero-order valence-electron chi connectivity index (χ0n) is 9.59. The molecule has 0 aliphatic rings. The largest absolute Gasteiger partial charge is 0.385 e. The van der Waals surface area contributed by atoms with Crippen molar-refractivity contribution in [3.8, 4) is 0 Å². The lowest BCUT2D eigenvalue weighted by Crippen LogP contribution is -2.07. The molecule has 3 heteroatoms. The van der Waals surface area contributed by atoms with E-state index in [9.17, 15) is 0 Å². The van der Waals surface area contributed by atoms with Crippen LogP contribution in [0.25, 0.3) is 0 Å². The minimum absolute atomic E-state index is 0.704. The van der Waals surface area contributed by atoms with Gasteiger partial charge in [0.2, 0.25) is 0 Å². The maximum absolute atomic E-state index is 5.39. The van der Waals surface area contributed by atoms with Crippen molar-refractivity contribution in [2.45, 2.75) is 32.6 Å². The summed E-state index contributed by atoms with van der Waals surface area (Å²) in [5, 5.41) is 0. The third-order valence-corrected chi connectivity index (χ3v) is 1.90. The molecule has 0 unspecified atom stereocenters. The first-order chi connectivity index (χ1) is 6.91. The van der Waals surface area contributed by atoms with E-state index in [4.69, 9.17) is 14.2 Å². The molecule has 0 aromatic heterocycles. The minimum Gasteiger partial charge on any atom is -0.385 e. The van der Waals surface area contributed by atoms with Crippen molar-refractivity contribution in [2.24, 2.45) is 0 Å². The lowest BCUT2D eigenvalue weighted by Gasteiger charge is -2.05. The number of hydrogen-bond acceptors (Lipinski definition) is 3. The zero-order chi connectivity index (χ0) is 10.5. The number of ether oxygens (including phenoxy) is 3. The van der Waals surface area contributed by atoms with Gasteiger partial charge in [0, 0.05) is 26.9 Å². The maximum atomic E-state index is 5.39. The highest BCUT2D eigenvalue weighted by molar-refractivity contribution is 4.37. The Kier molecular flexibility index (Phi) is 12.8. The van der Waals surface area contributed by atoms with Crippen molar-refractivity contribution in [1.82, 2.24) is 0 Å². The molecule has 3 nitrogen and oxygen atoms in total. The second-order valence-corrected chi connectivity index (χ2v) is 3.28. The monoisotopic (exact) mass is 204 g/mol. The van der Waals surface area contributed by atoms with Crippen LogP contribution in [-0.4, -0.2) is 40.1 Å². The summed E-state index contributed by atoms with van der Waals surface area (Å²) in [7, 11) is 1.71. The van der Waals surface area contributed by atoms with E-state index in [2.05, 4.69) is 6.92 Å². The first-order valence-electron chi connectivity index (χ1n) is 5.56. The molecule has 86 valence electrons. The Morgan fingerprint density at radius 2 is 1.36 bits per heavy atom. The van der Waals surface area contributed by atoms with Gasteiger partial charge in [-0.2, -0.15) is 0 Å². The molecule has 0 aromatic carbocycles. The van der Waals surface area contributed by atoms with E-state index in [0.29, 0.717) is 6.61 Å². The van der Waals surface area contributed by atoms with Crippen LogP contribution in [0.15, 0.2) is 0 Å². The molecule has 0 aliphatic heterocycles. The molecule has 0 saturated heterocycles. The number of rotatable bonds is 11. The normalized spacial score (nSPS) is 10.7. The van der Waals surface area contributed by atoms with Crippen molar-refractivity contribution < 1.29 is 14.2 Å². The van der Waals surface area contributed by atoms with Crippen LogP contribution >= 0.6 is 0 Å². The highest BCUT2D eigenvalue weighted by Gasteiger charge is 1.90. The molecule has 0 bridgehead atoms. The Morgan fingerprint density at radius 1 is 0.714 bits per heavy atom. The molecule has 0 atom stereocenters. The zero-order valence-corrected chi connectivity index (χ0v) is 9.59. The van der Waals surface area contributed by atoms with Crippen molar-refractivity contribution in [3.05, 3.63) is 0 Å². The average Bonchev–Trinajstić information content (AvgIpc) is 2.21. The van der Waals surface area contributed by atoms with Gasteiger partial charge in [-0.15, -0.1) is 0 Å². The summed E-state index contributed by atoms with van der Waals surface area (Å²) in [6, 6.07) is 0. The van der Waals surface area contributed by atoms with Gasteiger partial charge in [-0.1, -0.05) is 19.8 Å². The molecule has 0 heterocycles. The Morgan fingerprint density at radius 3 is 1.93 bits per heavy atom. The second-order valence-electron chi connectivity index (χ2n) is 3.28. The van der Waals surface area contributed by atoms with Gasteiger partial charge in [0.25, 0.3) is 0 Å². The summed E-state index contributed by atoms with van der Waals surface area (Å²) >= 11 is 0. The quantitative estimate of drug-likeness (QED) is 0.483. The summed E-state index contributed by atoms with van der Waals surface area (Å²) in [6.45, 7) is 6.03. The standard InChI is InChI=1S/C11H24O3/c1-3-4-5-8-13-10-11-14-9-6-7-12-2/h3-11H2,1-2H3. The maximum Gasteiger partial charge on any atom is 0.0700 e. The Balaban J connectivity index is 2.78. The summed E-state index contributed by atoms with van der Waals surface area (Å²) in [5.41, 5.74) is 0. The Labute approximate surface area is 87.7 Å². The predicted molar refractivity (Wildman–Crippen MR) is 57.7 cm³/mol. The van der Waals surface area contributed by atoms with Gasteiger partial charge in [0.15, 0.2) is 0 Å². The first kappa shape index (κ1) is 13.9. The highest BCUT2D eigenvalue weighted by atomic mass is 16.5. The average molecular weight is 204 g/mol. The van der Waals surface area contributed by atoms with Gasteiger partial charge in [-0.05, 0) is 12.8 Å². The highest BCUT2D eigenvalue weighted by Crippen LogP contribution is 1.93. The molecule has 14 heavy (non-hydrogen) atoms. The van der Waals surface area contributed by atoms with Crippen LogP contribution in [0.1, 0.15) is 32.6 Å². The first-order valence-corrected chi connectivity index (χ1v) is 5.56. The fourth-order valence-corrected chi connectivity index (χ4v) is 1.08. The van der Waals surface area contributed by atoms with E-state index in [1.165, 1.54) is 19.3 Å². The summed E-state index contributed by atoms with van der Waals surface area (Å²) < 4.78 is 15.6. The fraction of sp³-hybridized carbons (Fsp3) is 1.00. The lowest BCUT2D eigenvalue weighted by molar-refractivity contribution is 0.0388. The smallest absolute Gasteiger partial charge is 0.0700 e. The second kappa shape index (κ2) is 12.9. The molecule has 0 aromatic rings. The van der Waals surface area contributed by atoms with Crippen molar-refractivity contribution in [2.75, 3.05) is 40.1 Å². The summed E-state index contributed by atoms with van der Waals surface area (Å²) in [4.78, 5) is 0.